The summed E-state index contributed by atoms with van der Waals surface area (Å²) in [6, 6.07) is 13.4. The van der Waals surface area contributed by atoms with Gasteiger partial charge in [0.05, 0.1) is 15.5 Å². The zero-order valence-corrected chi connectivity index (χ0v) is 15.1. The number of alkyl halides is 3. The quantitative estimate of drug-likeness (QED) is 0.431. The fraction of sp³-hybridized carbons (Fsp3) is 0.0500. The fourth-order valence-corrected chi connectivity index (χ4v) is 3.97. The second-order valence-electron chi connectivity index (χ2n) is 5.83. The van der Waals surface area contributed by atoms with Gasteiger partial charge in [0.2, 0.25) is 5.78 Å². The standard InChI is InChI=1S/C20H10ClF3O2S/c21-15-7-5-11(20(22,23)24)9-14(15)16-8-6-12(26-16)10-18-19(25)13-3-1-2-4-17(13)27-18/h1-10H. The molecule has 3 aromatic rings. The highest BCUT2D eigenvalue weighted by atomic mass is 35.5. The normalized spacial score (nSPS) is 15.4. The van der Waals surface area contributed by atoms with Gasteiger partial charge in [0.25, 0.3) is 0 Å². The van der Waals surface area contributed by atoms with Gasteiger partial charge in [-0.2, -0.15) is 13.2 Å². The zero-order chi connectivity index (χ0) is 19.2. The predicted octanol–water partition coefficient (Wildman–Crippen LogP) is 6.95. The maximum Gasteiger partial charge on any atom is 0.416 e. The van der Waals surface area contributed by atoms with Gasteiger partial charge in [-0.3, -0.25) is 4.79 Å². The van der Waals surface area contributed by atoms with Crippen molar-refractivity contribution in [2.45, 2.75) is 11.1 Å². The van der Waals surface area contributed by atoms with Gasteiger partial charge in [-0.15, -0.1) is 0 Å². The van der Waals surface area contributed by atoms with Gasteiger partial charge < -0.3 is 4.42 Å². The van der Waals surface area contributed by atoms with E-state index < -0.39 is 11.7 Å². The number of benzene rings is 2. The third kappa shape index (κ3) is 3.42. The maximum absolute atomic E-state index is 12.9. The maximum atomic E-state index is 12.9. The van der Waals surface area contributed by atoms with Crippen molar-refractivity contribution < 1.29 is 22.4 Å². The SMILES string of the molecule is O=C1C(=Cc2ccc(-c3cc(C(F)(F)F)ccc3Cl)o2)Sc2ccccc21. The van der Waals surface area contributed by atoms with Crippen molar-refractivity contribution in [2.24, 2.45) is 0 Å². The number of fused-ring (bicyclic) bond motifs is 1. The molecule has 0 fully saturated rings. The second kappa shape index (κ2) is 6.62. The van der Waals surface area contributed by atoms with Crippen molar-refractivity contribution in [1.82, 2.24) is 0 Å². The Hall–Kier alpha value is -2.44. The van der Waals surface area contributed by atoms with Crippen LogP contribution in [0.5, 0.6) is 0 Å². The molecule has 4 rings (SSSR count). The lowest BCUT2D eigenvalue weighted by molar-refractivity contribution is -0.137. The van der Waals surface area contributed by atoms with E-state index in [0.29, 0.717) is 16.2 Å². The Morgan fingerprint density at radius 2 is 1.78 bits per heavy atom. The third-order valence-electron chi connectivity index (χ3n) is 4.03. The Morgan fingerprint density at radius 3 is 2.52 bits per heavy atom. The molecule has 0 saturated carbocycles. The van der Waals surface area contributed by atoms with Crippen LogP contribution < -0.4 is 0 Å². The highest BCUT2D eigenvalue weighted by molar-refractivity contribution is 8.04. The summed E-state index contributed by atoms with van der Waals surface area (Å²) in [6.45, 7) is 0. The summed E-state index contributed by atoms with van der Waals surface area (Å²) in [5.74, 6) is 0.457. The molecule has 27 heavy (non-hydrogen) atoms. The van der Waals surface area contributed by atoms with Gasteiger partial charge in [0, 0.05) is 16.0 Å². The van der Waals surface area contributed by atoms with Gasteiger partial charge in [0.15, 0.2) is 0 Å². The molecular weight excluding hydrogens is 397 g/mol. The van der Waals surface area contributed by atoms with Crippen LogP contribution in [0, 0.1) is 0 Å². The Labute approximate surface area is 161 Å². The number of Topliss-reactive ketones (excluding diaryl/α,β-unsaturated/α-hetero) is 1. The highest BCUT2D eigenvalue weighted by Crippen LogP contribution is 2.41. The molecule has 7 heteroatoms. The molecule has 136 valence electrons. The van der Waals surface area contributed by atoms with Crippen molar-refractivity contribution in [3.63, 3.8) is 0 Å². The number of hydrogen-bond donors (Lipinski definition) is 0. The predicted molar refractivity (Wildman–Crippen MR) is 98.8 cm³/mol. The summed E-state index contributed by atoms with van der Waals surface area (Å²) in [5, 5.41) is 0.148. The van der Waals surface area contributed by atoms with E-state index in [9.17, 15) is 18.0 Å². The van der Waals surface area contributed by atoms with Crippen LogP contribution in [-0.2, 0) is 6.18 Å². The van der Waals surface area contributed by atoms with Gasteiger partial charge in [-0.1, -0.05) is 35.5 Å². The smallest absolute Gasteiger partial charge is 0.416 e. The van der Waals surface area contributed by atoms with E-state index in [1.165, 1.54) is 23.9 Å². The minimum atomic E-state index is -4.48. The third-order valence-corrected chi connectivity index (χ3v) is 5.46. The summed E-state index contributed by atoms with van der Waals surface area (Å²) in [5.41, 5.74) is -0.0403. The first kappa shape index (κ1) is 17.9. The van der Waals surface area contributed by atoms with Gasteiger partial charge in [0.1, 0.15) is 11.5 Å². The van der Waals surface area contributed by atoms with E-state index in [1.54, 1.807) is 24.3 Å². The molecule has 0 bridgehead atoms. The molecule has 0 N–H and O–H groups in total. The molecule has 1 aromatic heterocycles. The average molecular weight is 407 g/mol. The van der Waals surface area contributed by atoms with Crippen LogP contribution in [0.4, 0.5) is 13.2 Å². The number of carbonyl (C=O) groups excluding carboxylic acids is 1. The molecule has 2 nitrogen and oxygen atoms in total. The van der Waals surface area contributed by atoms with Crippen molar-refractivity contribution in [3.8, 4) is 11.3 Å². The van der Waals surface area contributed by atoms with Crippen molar-refractivity contribution >= 4 is 35.2 Å². The first-order valence-corrected chi connectivity index (χ1v) is 9.02. The average Bonchev–Trinajstić information content (AvgIpc) is 3.20. The number of allylic oxidation sites excluding steroid dienone is 1. The molecular formula is C20H10ClF3O2S. The van der Waals surface area contributed by atoms with E-state index >= 15 is 0 Å². The van der Waals surface area contributed by atoms with E-state index in [1.807, 2.05) is 12.1 Å². The number of rotatable bonds is 2. The van der Waals surface area contributed by atoms with Gasteiger partial charge in [-0.05, 0) is 48.5 Å². The molecule has 1 aliphatic rings. The molecule has 0 unspecified atom stereocenters. The van der Waals surface area contributed by atoms with Crippen molar-refractivity contribution in [2.75, 3.05) is 0 Å². The molecule has 0 atom stereocenters. The van der Waals surface area contributed by atoms with E-state index in [-0.39, 0.29) is 22.1 Å². The van der Waals surface area contributed by atoms with Crippen molar-refractivity contribution in [1.29, 1.82) is 0 Å². The molecule has 1 aliphatic heterocycles. The first-order valence-electron chi connectivity index (χ1n) is 7.83. The van der Waals surface area contributed by atoms with E-state index in [2.05, 4.69) is 0 Å². The number of halogens is 4. The Bertz CT molecular complexity index is 1080. The molecule has 0 saturated heterocycles. The molecule has 0 spiro atoms. The van der Waals surface area contributed by atoms with Crippen LogP contribution in [0.3, 0.4) is 0 Å². The Kier molecular flexibility index (Phi) is 4.40. The largest absolute Gasteiger partial charge is 0.457 e. The molecule has 2 aromatic carbocycles. The highest BCUT2D eigenvalue weighted by Gasteiger charge is 2.31. The molecule has 0 aliphatic carbocycles. The Morgan fingerprint density at radius 1 is 1.00 bits per heavy atom. The minimum absolute atomic E-state index is 0.106. The summed E-state index contributed by atoms with van der Waals surface area (Å²) >= 11 is 7.37. The number of furan rings is 1. The Balaban J connectivity index is 1.67. The van der Waals surface area contributed by atoms with Crippen molar-refractivity contribution in [3.05, 3.63) is 81.4 Å². The summed E-state index contributed by atoms with van der Waals surface area (Å²) in [7, 11) is 0. The number of carbonyl (C=O) groups is 1. The summed E-state index contributed by atoms with van der Waals surface area (Å²) in [6.07, 6.45) is -2.90. The van der Waals surface area contributed by atoms with Crippen LogP contribution in [0.2, 0.25) is 5.02 Å². The van der Waals surface area contributed by atoms with E-state index in [4.69, 9.17) is 16.0 Å². The van der Waals surface area contributed by atoms with Crippen LogP contribution in [0.15, 0.2) is 68.8 Å². The number of thioether (sulfide) groups is 1. The van der Waals surface area contributed by atoms with Gasteiger partial charge in [-0.25, -0.2) is 0 Å². The van der Waals surface area contributed by atoms with Crippen LogP contribution in [0.25, 0.3) is 17.4 Å². The number of ketones is 1. The van der Waals surface area contributed by atoms with Gasteiger partial charge >= 0.3 is 6.18 Å². The fourth-order valence-electron chi connectivity index (χ4n) is 2.73. The lowest BCUT2D eigenvalue weighted by Crippen LogP contribution is -2.04. The van der Waals surface area contributed by atoms with Crippen LogP contribution >= 0.6 is 23.4 Å². The summed E-state index contributed by atoms with van der Waals surface area (Å²) in [4.78, 5) is 13.8. The zero-order valence-electron chi connectivity index (χ0n) is 13.5. The second-order valence-corrected chi connectivity index (χ2v) is 7.32. The van der Waals surface area contributed by atoms with E-state index in [0.717, 1.165) is 17.0 Å². The topological polar surface area (TPSA) is 30.2 Å². The molecule has 0 amide bonds. The lowest BCUT2D eigenvalue weighted by atomic mass is 10.1. The summed E-state index contributed by atoms with van der Waals surface area (Å²) < 4.78 is 44.5. The minimum Gasteiger partial charge on any atom is -0.457 e. The number of hydrogen-bond acceptors (Lipinski definition) is 3. The van der Waals surface area contributed by atoms with Crippen LogP contribution in [-0.4, -0.2) is 5.78 Å². The lowest BCUT2D eigenvalue weighted by Gasteiger charge is -2.09. The van der Waals surface area contributed by atoms with Crippen LogP contribution in [0.1, 0.15) is 21.7 Å². The molecule has 2 heterocycles. The monoisotopic (exact) mass is 406 g/mol. The molecule has 0 radical (unpaired) electrons. The first-order chi connectivity index (χ1) is 12.8.